The standard InChI is InChI=1S/C15H22O/c1-11(2)9-15(16)10-13(4)14-7-5-12(3)6-8-14/h5-8,11,13H,9-10H2,1-4H3/t13-/m1/s1. The largest absolute Gasteiger partial charge is 0.300 e. The number of carbonyl (C=O) groups excluding carboxylic acids is 1. The quantitative estimate of drug-likeness (QED) is 0.727. The van der Waals surface area contributed by atoms with Crippen molar-refractivity contribution in [2.45, 2.75) is 46.5 Å². The minimum absolute atomic E-state index is 0.340. The van der Waals surface area contributed by atoms with Crippen molar-refractivity contribution >= 4 is 5.78 Å². The van der Waals surface area contributed by atoms with Crippen molar-refractivity contribution < 1.29 is 4.79 Å². The van der Waals surface area contributed by atoms with Crippen molar-refractivity contribution in [2.75, 3.05) is 0 Å². The summed E-state index contributed by atoms with van der Waals surface area (Å²) in [5, 5.41) is 0. The van der Waals surface area contributed by atoms with Gasteiger partial charge in [0.05, 0.1) is 0 Å². The zero-order valence-electron chi connectivity index (χ0n) is 10.8. The van der Waals surface area contributed by atoms with Crippen LogP contribution < -0.4 is 0 Å². The van der Waals surface area contributed by atoms with Crippen molar-refractivity contribution in [2.24, 2.45) is 5.92 Å². The van der Waals surface area contributed by atoms with E-state index in [1.807, 2.05) is 0 Å². The van der Waals surface area contributed by atoms with Crippen molar-refractivity contribution in [3.05, 3.63) is 35.4 Å². The van der Waals surface area contributed by atoms with Crippen LogP contribution in [0, 0.1) is 12.8 Å². The second-order valence-electron chi connectivity index (χ2n) is 5.15. The van der Waals surface area contributed by atoms with Crippen LogP contribution in [0.3, 0.4) is 0 Å². The van der Waals surface area contributed by atoms with E-state index in [1.54, 1.807) is 0 Å². The Morgan fingerprint density at radius 1 is 1.06 bits per heavy atom. The summed E-state index contributed by atoms with van der Waals surface area (Å²) in [5.41, 5.74) is 2.53. The average Bonchev–Trinajstić information content (AvgIpc) is 2.16. The zero-order valence-corrected chi connectivity index (χ0v) is 10.8. The lowest BCUT2D eigenvalue weighted by molar-refractivity contribution is -0.120. The van der Waals surface area contributed by atoms with E-state index >= 15 is 0 Å². The first-order valence-electron chi connectivity index (χ1n) is 6.07. The lowest BCUT2D eigenvalue weighted by Crippen LogP contribution is -2.07. The molecule has 88 valence electrons. The molecule has 0 saturated heterocycles. The van der Waals surface area contributed by atoms with E-state index in [9.17, 15) is 4.79 Å². The summed E-state index contributed by atoms with van der Waals surface area (Å²) in [4.78, 5) is 11.7. The summed E-state index contributed by atoms with van der Waals surface area (Å²) in [6, 6.07) is 8.48. The Labute approximate surface area is 98.9 Å². The summed E-state index contributed by atoms with van der Waals surface area (Å²) in [5.74, 6) is 1.19. The van der Waals surface area contributed by atoms with Gasteiger partial charge in [-0.25, -0.2) is 0 Å². The highest BCUT2D eigenvalue weighted by atomic mass is 16.1. The average molecular weight is 218 g/mol. The van der Waals surface area contributed by atoms with Crippen LogP contribution >= 0.6 is 0 Å². The molecule has 0 aromatic heterocycles. The lowest BCUT2D eigenvalue weighted by atomic mass is 9.92. The Bertz CT molecular complexity index is 335. The highest BCUT2D eigenvalue weighted by molar-refractivity contribution is 5.79. The smallest absolute Gasteiger partial charge is 0.133 e. The Balaban J connectivity index is 2.55. The van der Waals surface area contributed by atoms with E-state index < -0.39 is 0 Å². The third-order valence-corrected chi connectivity index (χ3v) is 2.82. The summed E-state index contributed by atoms with van der Waals surface area (Å²) in [6.07, 6.45) is 1.37. The van der Waals surface area contributed by atoms with Gasteiger partial charge in [-0.2, -0.15) is 0 Å². The number of ketones is 1. The molecular weight excluding hydrogens is 196 g/mol. The van der Waals surface area contributed by atoms with Gasteiger partial charge in [-0.3, -0.25) is 4.79 Å². The zero-order chi connectivity index (χ0) is 12.1. The van der Waals surface area contributed by atoms with Crippen LogP contribution in [-0.2, 0) is 4.79 Å². The molecule has 0 saturated carbocycles. The number of aryl methyl sites for hydroxylation is 1. The Hall–Kier alpha value is -1.11. The Morgan fingerprint density at radius 2 is 1.62 bits per heavy atom. The summed E-state index contributed by atoms with van der Waals surface area (Å²) >= 11 is 0. The molecule has 1 rings (SSSR count). The molecule has 16 heavy (non-hydrogen) atoms. The molecule has 0 aliphatic carbocycles. The summed E-state index contributed by atoms with van der Waals surface area (Å²) < 4.78 is 0. The van der Waals surface area contributed by atoms with E-state index in [0.29, 0.717) is 30.5 Å². The number of Topliss-reactive ketones (excluding diaryl/α,β-unsaturated/α-hetero) is 1. The number of rotatable bonds is 5. The van der Waals surface area contributed by atoms with E-state index in [-0.39, 0.29) is 0 Å². The fourth-order valence-electron chi connectivity index (χ4n) is 1.89. The van der Waals surface area contributed by atoms with Gasteiger partial charge in [0.15, 0.2) is 0 Å². The number of benzene rings is 1. The van der Waals surface area contributed by atoms with Gasteiger partial charge in [-0.1, -0.05) is 50.6 Å². The number of hydrogen-bond acceptors (Lipinski definition) is 1. The van der Waals surface area contributed by atoms with Gasteiger partial charge in [-0.05, 0) is 24.3 Å². The minimum Gasteiger partial charge on any atom is -0.300 e. The summed E-state index contributed by atoms with van der Waals surface area (Å²) in [7, 11) is 0. The molecule has 0 amide bonds. The molecule has 1 nitrogen and oxygen atoms in total. The molecule has 1 aromatic carbocycles. The van der Waals surface area contributed by atoms with Gasteiger partial charge in [0.2, 0.25) is 0 Å². The van der Waals surface area contributed by atoms with Crippen LogP contribution in [0.2, 0.25) is 0 Å². The van der Waals surface area contributed by atoms with Crippen LogP contribution in [0.1, 0.15) is 50.7 Å². The molecule has 0 fully saturated rings. The molecule has 0 radical (unpaired) electrons. The first kappa shape index (κ1) is 13.0. The molecule has 0 aliphatic heterocycles. The van der Waals surface area contributed by atoms with Crippen LogP contribution in [0.4, 0.5) is 0 Å². The van der Waals surface area contributed by atoms with Gasteiger partial charge in [-0.15, -0.1) is 0 Å². The Morgan fingerprint density at radius 3 is 2.12 bits per heavy atom. The molecule has 0 unspecified atom stereocenters. The fraction of sp³-hybridized carbons (Fsp3) is 0.533. The summed E-state index contributed by atoms with van der Waals surface area (Å²) in [6.45, 7) is 8.39. The lowest BCUT2D eigenvalue weighted by Gasteiger charge is -2.12. The predicted octanol–water partition coefficient (Wildman–Crippen LogP) is 4.10. The van der Waals surface area contributed by atoms with Crippen LogP contribution in [-0.4, -0.2) is 5.78 Å². The van der Waals surface area contributed by atoms with Gasteiger partial charge < -0.3 is 0 Å². The van der Waals surface area contributed by atoms with Crippen LogP contribution in [0.15, 0.2) is 24.3 Å². The number of hydrogen-bond donors (Lipinski definition) is 0. The molecule has 0 N–H and O–H groups in total. The van der Waals surface area contributed by atoms with E-state index in [1.165, 1.54) is 11.1 Å². The van der Waals surface area contributed by atoms with Crippen molar-refractivity contribution in [1.29, 1.82) is 0 Å². The highest BCUT2D eigenvalue weighted by Crippen LogP contribution is 2.21. The minimum atomic E-state index is 0.340. The van der Waals surface area contributed by atoms with Crippen molar-refractivity contribution in [1.82, 2.24) is 0 Å². The van der Waals surface area contributed by atoms with Crippen LogP contribution in [0.25, 0.3) is 0 Å². The fourth-order valence-corrected chi connectivity index (χ4v) is 1.89. The van der Waals surface area contributed by atoms with Crippen molar-refractivity contribution in [3.8, 4) is 0 Å². The van der Waals surface area contributed by atoms with Crippen LogP contribution in [0.5, 0.6) is 0 Å². The van der Waals surface area contributed by atoms with E-state index in [4.69, 9.17) is 0 Å². The SMILES string of the molecule is Cc1ccc([C@H](C)CC(=O)CC(C)C)cc1. The van der Waals surface area contributed by atoms with Gasteiger partial charge in [0.25, 0.3) is 0 Å². The second-order valence-corrected chi connectivity index (χ2v) is 5.15. The Kier molecular flexibility index (Phi) is 4.72. The topological polar surface area (TPSA) is 17.1 Å². The molecule has 0 bridgehead atoms. The van der Waals surface area contributed by atoms with Gasteiger partial charge in [0, 0.05) is 12.8 Å². The maximum Gasteiger partial charge on any atom is 0.133 e. The third kappa shape index (κ3) is 4.18. The van der Waals surface area contributed by atoms with Gasteiger partial charge >= 0.3 is 0 Å². The maximum atomic E-state index is 11.7. The maximum absolute atomic E-state index is 11.7. The molecule has 0 aliphatic rings. The molecule has 1 aromatic rings. The predicted molar refractivity (Wildman–Crippen MR) is 68.7 cm³/mol. The van der Waals surface area contributed by atoms with E-state index in [2.05, 4.69) is 52.0 Å². The normalized spacial score (nSPS) is 12.8. The monoisotopic (exact) mass is 218 g/mol. The molecule has 0 heterocycles. The van der Waals surface area contributed by atoms with Gasteiger partial charge in [0.1, 0.15) is 5.78 Å². The molecular formula is C15H22O. The first-order valence-corrected chi connectivity index (χ1v) is 6.07. The second kappa shape index (κ2) is 5.83. The van der Waals surface area contributed by atoms with Crippen molar-refractivity contribution in [3.63, 3.8) is 0 Å². The first-order chi connectivity index (χ1) is 7.49. The molecule has 1 atom stereocenters. The third-order valence-electron chi connectivity index (χ3n) is 2.82. The highest BCUT2D eigenvalue weighted by Gasteiger charge is 2.12. The number of carbonyl (C=O) groups is 1. The van der Waals surface area contributed by atoms with E-state index in [0.717, 1.165) is 0 Å². The molecule has 1 heteroatoms. The molecule has 0 spiro atoms.